The van der Waals surface area contributed by atoms with Gasteiger partial charge in [0.15, 0.2) is 0 Å². The minimum absolute atomic E-state index is 0.0474. The Balaban J connectivity index is 1.69. The van der Waals surface area contributed by atoms with Crippen molar-refractivity contribution in [2.45, 2.75) is 37.8 Å². The van der Waals surface area contributed by atoms with Crippen LogP contribution in [0.3, 0.4) is 0 Å². The number of piperidine rings is 1. The van der Waals surface area contributed by atoms with Crippen molar-refractivity contribution < 1.29 is 9.72 Å². The molecule has 6 heteroatoms. The van der Waals surface area contributed by atoms with Gasteiger partial charge in [-0.1, -0.05) is 17.7 Å². The monoisotopic (exact) mass is 315 g/mol. The van der Waals surface area contributed by atoms with Crippen LogP contribution < -0.4 is 4.90 Å². The highest BCUT2D eigenvalue weighted by molar-refractivity contribution is 6.00. The fourth-order valence-corrected chi connectivity index (χ4v) is 4.23. The van der Waals surface area contributed by atoms with Gasteiger partial charge in [0, 0.05) is 35.5 Å². The van der Waals surface area contributed by atoms with Crippen LogP contribution in [0.2, 0.25) is 0 Å². The average molecular weight is 315 g/mol. The number of carbonyl (C=O) groups is 1. The molecule has 4 unspecified atom stereocenters. The number of anilines is 1. The number of fused-ring (bicyclic) bond motifs is 3. The van der Waals surface area contributed by atoms with Crippen molar-refractivity contribution in [1.82, 2.24) is 4.90 Å². The van der Waals surface area contributed by atoms with E-state index in [1.807, 2.05) is 17.0 Å². The lowest BCUT2D eigenvalue weighted by Gasteiger charge is -2.36. The number of benzene rings is 1. The van der Waals surface area contributed by atoms with E-state index in [4.69, 9.17) is 0 Å². The smallest absolute Gasteiger partial charge is 0.237 e. The number of nitro groups is 1. The number of nitrogens with zero attached hydrogens (tertiary/aromatic N) is 3. The Morgan fingerprint density at radius 2 is 2.17 bits per heavy atom. The van der Waals surface area contributed by atoms with E-state index in [1.165, 1.54) is 11.1 Å². The van der Waals surface area contributed by atoms with Gasteiger partial charge in [0.2, 0.25) is 11.9 Å². The van der Waals surface area contributed by atoms with Gasteiger partial charge in [-0.05, 0) is 38.6 Å². The molecule has 2 heterocycles. The highest BCUT2D eigenvalue weighted by atomic mass is 16.6. The van der Waals surface area contributed by atoms with Crippen molar-refractivity contribution in [3.05, 3.63) is 39.4 Å². The fraction of sp³-hybridized carbons (Fsp3) is 0.588. The molecule has 4 rings (SSSR count). The van der Waals surface area contributed by atoms with Gasteiger partial charge in [0.25, 0.3) is 0 Å². The zero-order valence-corrected chi connectivity index (χ0v) is 13.4. The van der Waals surface area contributed by atoms with Gasteiger partial charge in [0.05, 0.1) is 0 Å². The summed E-state index contributed by atoms with van der Waals surface area (Å²) >= 11 is 0. The quantitative estimate of drug-likeness (QED) is 0.616. The maximum absolute atomic E-state index is 12.9. The molecule has 3 aliphatic rings. The summed E-state index contributed by atoms with van der Waals surface area (Å²) in [5, 5.41) is 10.9. The van der Waals surface area contributed by atoms with Crippen molar-refractivity contribution in [2.24, 2.45) is 5.92 Å². The predicted octanol–water partition coefficient (Wildman–Crippen LogP) is 1.79. The Morgan fingerprint density at radius 1 is 1.39 bits per heavy atom. The minimum atomic E-state index is -0.679. The zero-order chi connectivity index (χ0) is 16.3. The summed E-state index contributed by atoms with van der Waals surface area (Å²) in [6, 6.07) is 5.70. The number of likely N-dealkylation sites (N-methyl/N-ethyl adjacent to an activating group) is 1. The lowest BCUT2D eigenvalue weighted by atomic mass is 9.89. The molecule has 6 nitrogen and oxygen atoms in total. The summed E-state index contributed by atoms with van der Waals surface area (Å²) in [4.78, 5) is 27.7. The first-order valence-electron chi connectivity index (χ1n) is 8.23. The normalized spacial score (nSPS) is 32.3. The third kappa shape index (κ3) is 2.24. The number of aryl methyl sites for hydroxylation is 1. The Labute approximate surface area is 135 Å². The molecule has 122 valence electrons. The maximum Gasteiger partial charge on any atom is 0.237 e. The molecule has 0 bridgehead atoms. The van der Waals surface area contributed by atoms with E-state index in [9.17, 15) is 14.9 Å². The molecule has 1 aromatic rings. The van der Waals surface area contributed by atoms with Crippen molar-refractivity contribution in [2.75, 3.05) is 25.0 Å². The minimum Gasteiger partial charge on any atom is -0.308 e. The topological polar surface area (TPSA) is 66.7 Å². The lowest BCUT2D eigenvalue weighted by Crippen LogP contribution is -2.48. The molecule has 0 spiro atoms. The second kappa shape index (κ2) is 5.03. The predicted molar refractivity (Wildman–Crippen MR) is 86.2 cm³/mol. The van der Waals surface area contributed by atoms with E-state index in [-0.39, 0.29) is 16.9 Å². The van der Waals surface area contributed by atoms with E-state index in [1.54, 1.807) is 0 Å². The number of rotatable bonds is 2. The van der Waals surface area contributed by atoms with Gasteiger partial charge < -0.3 is 9.80 Å². The summed E-state index contributed by atoms with van der Waals surface area (Å²) in [5.41, 5.74) is 3.40. The van der Waals surface area contributed by atoms with E-state index in [0.29, 0.717) is 12.3 Å². The van der Waals surface area contributed by atoms with Crippen molar-refractivity contribution in [3.8, 4) is 0 Å². The molecule has 0 N–H and O–H groups in total. The van der Waals surface area contributed by atoms with Crippen LogP contribution in [0.15, 0.2) is 18.2 Å². The van der Waals surface area contributed by atoms with Gasteiger partial charge >= 0.3 is 0 Å². The van der Waals surface area contributed by atoms with Gasteiger partial charge in [-0.3, -0.25) is 14.9 Å². The Kier molecular flexibility index (Phi) is 3.20. The molecule has 23 heavy (non-hydrogen) atoms. The van der Waals surface area contributed by atoms with Crippen molar-refractivity contribution in [3.63, 3.8) is 0 Å². The molecule has 0 aromatic heterocycles. The number of carbonyl (C=O) groups excluding carboxylic acids is 1. The van der Waals surface area contributed by atoms with Crippen LogP contribution in [0.1, 0.15) is 29.9 Å². The Hall–Kier alpha value is -1.95. The van der Waals surface area contributed by atoms with Gasteiger partial charge in [0.1, 0.15) is 5.92 Å². The highest BCUT2D eigenvalue weighted by Gasteiger charge is 2.57. The van der Waals surface area contributed by atoms with Crippen molar-refractivity contribution >= 4 is 11.6 Å². The summed E-state index contributed by atoms with van der Waals surface area (Å²) in [6.45, 7) is 3.96. The largest absolute Gasteiger partial charge is 0.308 e. The molecule has 1 saturated carbocycles. The van der Waals surface area contributed by atoms with E-state index < -0.39 is 12.0 Å². The fourth-order valence-electron chi connectivity index (χ4n) is 4.23. The number of hydrogen-bond acceptors (Lipinski definition) is 4. The Morgan fingerprint density at radius 3 is 2.87 bits per heavy atom. The summed E-state index contributed by atoms with van der Waals surface area (Å²) in [5.74, 6) is -0.160. The summed E-state index contributed by atoms with van der Waals surface area (Å²) in [7, 11) is 2.11. The molecule has 2 aliphatic heterocycles. The third-order valence-corrected chi connectivity index (χ3v) is 5.54. The molecule has 2 fully saturated rings. The van der Waals surface area contributed by atoms with E-state index in [2.05, 4.69) is 24.9 Å². The maximum atomic E-state index is 12.9. The SMILES string of the molecule is Cc1ccc2c(c1)C1CN(C)CCC1N2C(=O)C1CC1[N+](=O)[O-]. The molecule has 1 amide bonds. The molecule has 1 aliphatic carbocycles. The highest BCUT2D eigenvalue weighted by Crippen LogP contribution is 2.47. The third-order valence-electron chi connectivity index (χ3n) is 5.54. The van der Waals surface area contributed by atoms with Gasteiger partial charge in [-0.15, -0.1) is 0 Å². The lowest BCUT2D eigenvalue weighted by molar-refractivity contribution is -0.497. The van der Waals surface area contributed by atoms with Gasteiger partial charge in [-0.2, -0.15) is 0 Å². The van der Waals surface area contributed by atoms with E-state index in [0.717, 1.165) is 25.2 Å². The molecule has 4 atom stereocenters. The van der Waals surface area contributed by atoms with Crippen LogP contribution in [-0.2, 0) is 4.79 Å². The number of amides is 1. The molecular weight excluding hydrogens is 294 g/mol. The van der Waals surface area contributed by atoms with Crippen molar-refractivity contribution in [1.29, 1.82) is 0 Å². The Bertz CT molecular complexity index is 690. The summed E-state index contributed by atoms with van der Waals surface area (Å²) in [6.07, 6.45) is 1.32. The van der Waals surface area contributed by atoms with Crippen LogP contribution in [-0.4, -0.2) is 48.0 Å². The molecule has 1 aromatic carbocycles. The standard InChI is InChI=1S/C17H21N3O3/c1-10-3-4-14-11(7-10)13-9-18(2)6-5-15(13)19(14)17(21)12-8-16(12)20(22)23/h3-4,7,12-13,15-16H,5-6,8-9H2,1-2H3. The first-order chi connectivity index (χ1) is 11.0. The van der Waals surface area contributed by atoms with Gasteiger partial charge in [-0.25, -0.2) is 0 Å². The molecule has 0 radical (unpaired) electrons. The second-order valence-electron chi connectivity index (χ2n) is 7.19. The second-order valence-corrected chi connectivity index (χ2v) is 7.19. The first-order valence-corrected chi connectivity index (χ1v) is 8.23. The summed E-state index contributed by atoms with van der Waals surface area (Å²) < 4.78 is 0. The van der Waals surface area contributed by atoms with Crippen LogP contribution in [0.25, 0.3) is 0 Å². The number of likely N-dealkylation sites (tertiary alicyclic amines) is 1. The first kappa shape index (κ1) is 14.6. The molecule has 1 saturated heterocycles. The van der Waals surface area contributed by atoms with Crippen LogP contribution in [0.4, 0.5) is 5.69 Å². The van der Waals surface area contributed by atoms with Crippen LogP contribution in [0.5, 0.6) is 0 Å². The zero-order valence-electron chi connectivity index (χ0n) is 13.4. The average Bonchev–Trinajstić information content (AvgIpc) is 3.25. The van der Waals surface area contributed by atoms with E-state index >= 15 is 0 Å². The van der Waals surface area contributed by atoms with Crippen LogP contribution >= 0.6 is 0 Å². The molecular formula is C17H21N3O3. The van der Waals surface area contributed by atoms with Crippen LogP contribution in [0, 0.1) is 23.0 Å². The number of hydrogen-bond donors (Lipinski definition) is 0.